The number of nitrogen functional groups attached to an aromatic ring is 1. The number of benzene rings is 1. The third kappa shape index (κ3) is 3.88. The maximum atomic E-state index is 10.7. The van der Waals surface area contributed by atoms with Crippen molar-refractivity contribution in [2.24, 2.45) is 5.73 Å². The third-order valence-corrected chi connectivity index (χ3v) is 2.36. The maximum absolute atomic E-state index is 10.7. The second kappa shape index (κ2) is 5.72. The number of carbonyl (C=O) groups excluding carboxylic acids is 1. The average Bonchev–Trinajstić information content (AvgIpc) is 2.38. The molecule has 6 heteroatoms. The van der Waals surface area contributed by atoms with Crippen LogP contribution in [0.5, 0.6) is 5.75 Å². The summed E-state index contributed by atoms with van der Waals surface area (Å²) in [5, 5.41) is 2.41. The summed E-state index contributed by atoms with van der Waals surface area (Å²) < 4.78 is 5.58. The minimum Gasteiger partial charge on any atom is -0.489 e. The van der Waals surface area contributed by atoms with Crippen LogP contribution < -0.4 is 21.5 Å². The molecule has 1 aromatic heterocycles. The van der Waals surface area contributed by atoms with Gasteiger partial charge in [-0.1, -0.05) is 0 Å². The van der Waals surface area contributed by atoms with Gasteiger partial charge in [-0.2, -0.15) is 0 Å². The van der Waals surface area contributed by atoms with E-state index < -0.39 is 6.03 Å². The Morgan fingerprint density at radius 3 is 2.68 bits per heavy atom. The molecule has 98 valence electrons. The van der Waals surface area contributed by atoms with E-state index in [0.717, 1.165) is 11.3 Å². The predicted molar refractivity (Wildman–Crippen MR) is 72.6 cm³/mol. The molecule has 5 N–H and O–H groups in total. The molecule has 0 atom stereocenters. The van der Waals surface area contributed by atoms with Crippen LogP contribution in [0, 0.1) is 0 Å². The number of amides is 2. The topological polar surface area (TPSA) is 103 Å². The first-order valence-electron chi connectivity index (χ1n) is 5.63. The Hall–Kier alpha value is -2.76. The molecule has 0 aliphatic heterocycles. The monoisotopic (exact) mass is 258 g/mol. The fourth-order valence-corrected chi connectivity index (χ4v) is 1.49. The highest BCUT2D eigenvalue weighted by Gasteiger charge is 2.01. The number of aromatic nitrogens is 1. The van der Waals surface area contributed by atoms with Crippen molar-refractivity contribution in [3.63, 3.8) is 0 Å². The van der Waals surface area contributed by atoms with E-state index in [1.165, 1.54) is 0 Å². The van der Waals surface area contributed by atoms with Crippen LogP contribution >= 0.6 is 0 Å². The van der Waals surface area contributed by atoms with Crippen molar-refractivity contribution in [1.82, 2.24) is 4.98 Å². The molecule has 0 aliphatic rings. The van der Waals surface area contributed by atoms with Crippen molar-refractivity contribution in [2.75, 3.05) is 11.1 Å². The molecule has 2 aromatic rings. The van der Waals surface area contributed by atoms with E-state index >= 15 is 0 Å². The van der Waals surface area contributed by atoms with Gasteiger partial charge in [0.2, 0.25) is 0 Å². The van der Waals surface area contributed by atoms with Crippen LogP contribution in [0.1, 0.15) is 5.56 Å². The zero-order valence-electron chi connectivity index (χ0n) is 10.2. The zero-order valence-corrected chi connectivity index (χ0v) is 10.2. The van der Waals surface area contributed by atoms with Crippen molar-refractivity contribution >= 4 is 17.5 Å². The van der Waals surface area contributed by atoms with Crippen LogP contribution in [0.4, 0.5) is 16.3 Å². The minimum atomic E-state index is -0.649. The number of anilines is 2. The summed E-state index contributed by atoms with van der Waals surface area (Å²) in [4.78, 5) is 14.7. The lowest BCUT2D eigenvalue weighted by Gasteiger charge is -2.07. The SMILES string of the molecule is NC(=O)Nc1cc(COc2ccc(N)cc2)ccn1. The number of primary amides is 1. The number of hydrogen-bond acceptors (Lipinski definition) is 4. The maximum Gasteiger partial charge on any atom is 0.317 e. The summed E-state index contributed by atoms with van der Waals surface area (Å²) in [6.45, 7) is 0.361. The Kier molecular flexibility index (Phi) is 3.82. The number of nitrogens with one attached hydrogen (secondary N) is 1. The highest BCUT2D eigenvalue weighted by molar-refractivity contribution is 5.86. The molecule has 2 rings (SSSR count). The Bertz CT molecular complexity index is 569. The average molecular weight is 258 g/mol. The highest BCUT2D eigenvalue weighted by atomic mass is 16.5. The summed E-state index contributed by atoms with van der Waals surface area (Å²) in [7, 11) is 0. The van der Waals surface area contributed by atoms with Crippen molar-refractivity contribution in [3.8, 4) is 5.75 Å². The molecule has 0 aliphatic carbocycles. The van der Waals surface area contributed by atoms with Gasteiger partial charge in [-0.05, 0) is 42.0 Å². The predicted octanol–water partition coefficient (Wildman–Crippen LogP) is 1.73. The fourth-order valence-electron chi connectivity index (χ4n) is 1.49. The Labute approximate surface area is 110 Å². The first-order chi connectivity index (χ1) is 9.13. The smallest absolute Gasteiger partial charge is 0.317 e. The molecule has 0 fully saturated rings. The summed E-state index contributed by atoms with van der Waals surface area (Å²) in [5.74, 6) is 1.11. The van der Waals surface area contributed by atoms with Crippen molar-refractivity contribution in [3.05, 3.63) is 48.2 Å². The van der Waals surface area contributed by atoms with E-state index in [9.17, 15) is 4.79 Å². The Morgan fingerprint density at radius 2 is 2.00 bits per heavy atom. The van der Waals surface area contributed by atoms with Crippen LogP contribution in [-0.2, 0) is 6.61 Å². The van der Waals surface area contributed by atoms with E-state index in [0.29, 0.717) is 18.1 Å². The number of carbonyl (C=O) groups is 1. The molecule has 19 heavy (non-hydrogen) atoms. The second-order valence-electron chi connectivity index (χ2n) is 3.90. The number of nitrogens with zero attached hydrogens (tertiary/aromatic N) is 1. The number of hydrogen-bond donors (Lipinski definition) is 3. The van der Waals surface area contributed by atoms with E-state index in [1.54, 1.807) is 42.6 Å². The van der Waals surface area contributed by atoms with Gasteiger partial charge >= 0.3 is 6.03 Å². The zero-order chi connectivity index (χ0) is 13.7. The molecule has 6 nitrogen and oxygen atoms in total. The molecule has 0 spiro atoms. The summed E-state index contributed by atoms with van der Waals surface area (Å²) >= 11 is 0. The van der Waals surface area contributed by atoms with Gasteiger partial charge in [0.25, 0.3) is 0 Å². The second-order valence-corrected chi connectivity index (χ2v) is 3.90. The number of urea groups is 1. The molecule has 1 heterocycles. The van der Waals surface area contributed by atoms with Gasteiger partial charge in [-0.15, -0.1) is 0 Å². The lowest BCUT2D eigenvalue weighted by Crippen LogP contribution is -2.20. The number of nitrogens with two attached hydrogens (primary N) is 2. The number of ether oxygens (including phenoxy) is 1. The van der Waals surface area contributed by atoms with Gasteiger partial charge in [0.15, 0.2) is 0 Å². The number of rotatable bonds is 4. The van der Waals surface area contributed by atoms with E-state index in [1.807, 2.05) is 0 Å². The van der Waals surface area contributed by atoms with Crippen LogP contribution in [0.15, 0.2) is 42.6 Å². The molecule has 0 saturated heterocycles. The fraction of sp³-hybridized carbons (Fsp3) is 0.0769. The first-order valence-corrected chi connectivity index (χ1v) is 5.63. The lowest BCUT2D eigenvalue weighted by molar-refractivity contribution is 0.259. The molecular weight excluding hydrogens is 244 g/mol. The normalized spacial score (nSPS) is 9.89. The first kappa shape index (κ1) is 12.7. The van der Waals surface area contributed by atoms with Gasteiger partial charge in [0, 0.05) is 11.9 Å². The Morgan fingerprint density at radius 1 is 1.26 bits per heavy atom. The molecule has 2 amide bonds. The molecule has 1 aromatic carbocycles. The van der Waals surface area contributed by atoms with Gasteiger partial charge in [-0.3, -0.25) is 5.32 Å². The van der Waals surface area contributed by atoms with Gasteiger partial charge < -0.3 is 16.2 Å². The number of pyridine rings is 1. The molecule has 0 saturated carbocycles. The van der Waals surface area contributed by atoms with Crippen molar-refractivity contribution < 1.29 is 9.53 Å². The van der Waals surface area contributed by atoms with Crippen LogP contribution in [0.25, 0.3) is 0 Å². The molecular formula is C13H14N4O2. The Balaban J connectivity index is 1.99. The largest absolute Gasteiger partial charge is 0.489 e. The molecule has 0 unspecified atom stereocenters. The standard InChI is InChI=1S/C13H14N4O2/c14-10-1-3-11(4-2-10)19-8-9-5-6-16-12(7-9)17-13(15)18/h1-7H,8,14H2,(H3,15,16,17,18). The van der Waals surface area contributed by atoms with Crippen LogP contribution in [0.3, 0.4) is 0 Å². The van der Waals surface area contributed by atoms with Gasteiger partial charge in [0.1, 0.15) is 18.2 Å². The van der Waals surface area contributed by atoms with Crippen molar-refractivity contribution in [2.45, 2.75) is 6.61 Å². The van der Waals surface area contributed by atoms with E-state index in [4.69, 9.17) is 16.2 Å². The van der Waals surface area contributed by atoms with Gasteiger partial charge in [0.05, 0.1) is 0 Å². The highest BCUT2D eigenvalue weighted by Crippen LogP contribution is 2.15. The molecule has 0 radical (unpaired) electrons. The molecule has 0 bridgehead atoms. The van der Waals surface area contributed by atoms with E-state index in [-0.39, 0.29) is 0 Å². The van der Waals surface area contributed by atoms with Crippen LogP contribution in [0.2, 0.25) is 0 Å². The van der Waals surface area contributed by atoms with E-state index in [2.05, 4.69) is 10.3 Å². The summed E-state index contributed by atoms with van der Waals surface area (Å²) in [6, 6.07) is 9.96. The third-order valence-electron chi connectivity index (χ3n) is 2.36. The van der Waals surface area contributed by atoms with Gasteiger partial charge in [-0.25, -0.2) is 9.78 Å². The summed E-state index contributed by atoms with van der Waals surface area (Å²) in [6.07, 6.45) is 1.58. The lowest BCUT2D eigenvalue weighted by atomic mass is 10.2. The summed E-state index contributed by atoms with van der Waals surface area (Å²) in [5.41, 5.74) is 12.2. The van der Waals surface area contributed by atoms with Crippen molar-refractivity contribution in [1.29, 1.82) is 0 Å². The quantitative estimate of drug-likeness (QED) is 0.726. The van der Waals surface area contributed by atoms with Crippen LogP contribution in [-0.4, -0.2) is 11.0 Å². The minimum absolute atomic E-state index is 0.361.